The Kier molecular flexibility index (Phi) is 5.26. The zero-order valence-electron chi connectivity index (χ0n) is 14.1. The molecule has 0 bridgehead atoms. The summed E-state index contributed by atoms with van der Waals surface area (Å²) in [6.45, 7) is 6.02. The van der Waals surface area contributed by atoms with E-state index in [2.05, 4.69) is 10.2 Å². The smallest absolute Gasteiger partial charge is 0.251 e. The van der Waals surface area contributed by atoms with Crippen molar-refractivity contribution in [3.05, 3.63) is 23.3 Å². The van der Waals surface area contributed by atoms with Crippen LogP contribution in [0.1, 0.15) is 35.2 Å². The van der Waals surface area contributed by atoms with Crippen LogP contribution in [0.5, 0.6) is 11.5 Å². The Morgan fingerprint density at radius 3 is 2.58 bits per heavy atom. The van der Waals surface area contributed by atoms with Crippen LogP contribution in [0.3, 0.4) is 0 Å². The number of nitrogens with zero attached hydrogens (tertiary/aromatic N) is 1. The van der Waals surface area contributed by atoms with Gasteiger partial charge in [0.2, 0.25) is 0 Å². The number of likely N-dealkylation sites (tertiary alicyclic amines) is 1. The van der Waals surface area contributed by atoms with Crippen LogP contribution in [-0.2, 0) is 4.74 Å². The minimum atomic E-state index is -0.259. The zero-order valence-corrected chi connectivity index (χ0v) is 14.1. The fraction of sp³-hybridized carbons (Fsp3) is 0.611. The number of nitrogens with one attached hydrogen (secondary N) is 1. The van der Waals surface area contributed by atoms with Crippen molar-refractivity contribution < 1.29 is 19.7 Å². The van der Waals surface area contributed by atoms with Crippen molar-refractivity contribution in [2.75, 3.05) is 32.8 Å². The summed E-state index contributed by atoms with van der Waals surface area (Å²) in [7, 11) is 0. The first-order valence-corrected chi connectivity index (χ1v) is 8.67. The Hall–Kier alpha value is -1.79. The van der Waals surface area contributed by atoms with E-state index in [1.165, 1.54) is 12.1 Å². The molecule has 24 heavy (non-hydrogen) atoms. The first-order valence-electron chi connectivity index (χ1n) is 8.67. The molecule has 2 aliphatic heterocycles. The van der Waals surface area contributed by atoms with Crippen LogP contribution >= 0.6 is 0 Å². The van der Waals surface area contributed by atoms with E-state index in [-0.39, 0.29) is 23.0 Å². The van der Waals surface area contributed by atoms with Crippen molar-refractivity contribution in [2.24, 2.45) is 5.92 Å². The van der Waals surface area contributed by atoms with Crippen molar-refractivity contribution in [3.8, 4) is 11.5 Å². The molecule has 132 valence electrons. The van der Waals surface area contributed by atoms with E-state index in [0.29, 0.717) is 24.1 Å². The Morgan fingerprint density at radius 1 is 1.25 bits per heavy atom. The lowest BCUT2D eigenvalue weighted by Crippen LogP contribution is -2.38. The van der Waals surface area contributed by atoms with Crippen LogP contribution in [0, 0.1) is 12.8 Å². The first kappa shape index (κ1) is 17.0. The summed E-state index contributed by atoms with van der Waals surface area (Å²) in [6.07, 6.45) is 3.28. The van der Waals surface area contributed by atoms with E-state index in [1.54, 1.807) is 6.92 Å². The minimum absolute atomic E-state index is 0.0632. The van der Waals surface area contributed by atoms with Gasteiger partial charge < -0.3 is 20.3 Å². The molecular weight excluding hydrogens is 308 g/mol. The number of phenolic OH excluding ortho intramolecular Hbond substituents is 2. The van der Waals surface area contributed by atoms with Gasteiger partial charge >= 0.3 is 0 Å². The molecule has 2 aliphatic rings. The molecule has 2 fully saturated rings. The molecule has 3 rings (SSSR count). The van der Waals surface area contributed by atoms with Gasteiger partial charge in [-0.25, -0.2) is 0 Å². The van der Waals surface area contributed by atoms with Crippen molar-refractivity contribution in [1.29, 1.82) is 0 Å². The van der Waals surface area contributed by atoms with E-state index in [9.17, 15) is 15.0 Å². The van der Waals surface area contributed by atoms with Gasteiger partial charge in [-0.3, -0.25) is 9.69 Å². The fourth-order valence-corrected chi connectivity index (χ4v) is 3.57. The van der Waals surface area contributed by atoms with E-state index in [4.69, 9.17) is 4.74 Å². The maximum atomic E-state index is 12.2. The van der Waals surface area contributed by atoms with Gasteiger partial charge in [0.25, 0.3) is 5.91 Å². The number of hydrogen-bond acceptors (Lipinski definition) is 5. The number of benzene rings is 1. The molecule has 1 aromatic carbocycles. The van der Waals surface area contributed by atoms with Gasteiger partial charge in [0.05, 0.1) is 0 Å². The highest BCUT2D eigenvalue weighted by atomic mass is 16.5. The summed E-state index contributed by atoms with van der Waals surface area (Å²) in [5.74, 6) is 0.0629. The quantitative estimate of drug-likeness (QED) is 0.780. The average molecular weight is 334 g/mol. The lowest BCUT2D eigenvalue weighted by molar-refractivity contribution is 0.0411. The average Bonchev–Trinajstić information content (AvgIpc) is 3.07. The fourth-order valence-electron chi connectivity index (χ4n) is 3.57. The molecule has 3 N–H and O–H groups in total. The van der Waals surface area contributed by atoms with Crippen LogP contribution in [0.25, 0.3) is 0 Å². The van der Waals surface area contributed by atoms with E-state index < -0.39 is 0 Å². The van der Waals surface area contributed by atoms with E-state index in [0.717, 1.165) is 45.6 Å². The van der Waals surface area contributed by atoms with E-state index in [1.807, 2.05) is 0 Å². The van der Waals surface area contributed by atoms with Gasteiger partial charge in [0.15, 0.2) is 0 Å². The van der Waals surface area contributed by atoms with Crippen LogP contribution in [0.15, 0.2) is 12.1 Å². The molecule has 0 unspecified atom stereocenters. The molecule has 0 aromatic heterocycles. The number of carbonyl (C=O) groups is 1. The highest BCUT2D eigenvalue weighted by molar-refractivity contribution is 5.95. The molecule has 1 atom stereocenters. The third kappa shape index (κ3) is 3.82. The molecule has 0 aliphatic carbocycles. The minimum Gasteiger partial charge on any atom is -0.508 e. The van der Waals surface area contributed by atoms with Gasteiger partial charge in [-0.2, -0.15) is 0 Å². The number of hydrogen-bond donors (Lipinski definition) is 3. The second-order valence-electron chi connectivity index (χ2n) is 6.84. The Balaban J connectivity index is 1.50. The van der Waals surface area contributed by atoms with Crippen molar-refractivity contribution in [3.63, 3.8) is 0 Å². The lowest BCUT2D eigenvalue weighted by atomic mass is 10.1. The standard InChI is InChI=1S/C18H26N2O4/c1-12-16(21)8-14(9-17(12)22)18(23)19-10-13-2-5-20(11-13)15-3-6-24-7-4-15/h8-9,13,15,21-22H,2-7,10-11H2,1H3,(H,19,23)/t13-/m0/s1. The molecular formula is C18H26N2O4. The molecule has 6 heteroatoms. The summed E-state index contributed by atoms with van der Waals surface area (Å²) in [5.41, 5.74) is 0.671. The van der Waals surface area contributed by atoms with Crippen LogP contribution < -0.4 is 5.32 Å². The molecule has 0 saturated carbocycles. The number of amides is 1. The molecule has 6 nitrogen and oxygen atoms in total. The summed E-state index contributed by atoms with van der Waals surface area (Å²) in [4.78, 5) is 14.8. The van der Waals surface area contributed by atoms with Gasteiger partial charge in [-0.15, -0.1) is 0 Å². The Bertz CT molecular complexity index is 576. The Labute approximate surface area is 142 Å². The van der Waals surface area contributed by atoms with E-state index >= 15 is 0 Å². The first-order chi connectivity index (χ1) is 11.5. The number of rotatable bonds is 4. The third-order valence-corrected chi connectivity index (χ3v) is 5.19. The van der Waals surface area contributed by atoms with Crippen LogP contribution in [0.4, 0.5) is 0 Å². The number of aromatic hydroxyl groups is 2. The van der Waals surface area contributed by atoms with Gasteiger partial charge in [-0.1, -0.05) is 0 Å². The largest absolute Gasteiger partial charge is 0.508 e. The second kappa shape index (κ2) is 7.40. The SMILES string of the molecule is Cc1c(O)cc(C(=O)NC[C@@H]2CCN(C3CCOCC3)C2)cc1O. The summed E-state index contributed by atoms with van der Waals surface area (Å²) in [5, 5.41) is 22.4. The Morgan fingerprint density at radius 2 is 1.92 bits per heavy atom. The second-order valence-corrected chi connectivity index (χ2v) is 6.84. The predicted octanol–water partition coefficient (Wildman–Crippen LogP) is 1.64. The number of phenols is 2. The molecule has 1 amide bonds. The normalized spacial score (nSPS) is 22.6. The highest BCUT2D eigenvalue weighted by Gasteiger charge is 2.29. The van der Waals surface area contributed by atoms with Crippen LogP contribution in [0.2, 0.25) is 0 Å². The summed E-state index contributed by atoms with van der Waals surface area (Å²) < 4.78 is 5.42. The lowest BCUT2D eigenvalue weighted by Gasteiger charge is -2.31. The number of ether oxygens (including phenoxy) is 1. The zero-order chi connectivity index (χ0) is 17.1. The van der Waals surface area contributed by atoms with Crippen LogP contribution in [-0.4, -0.2) is 59.9 Å². The highest BCUT2D eigenvalue weighted by Crippen LogP contribution is 2.28. The van der Waals surface area contributed by atoms with Crippen molar-refractivity contribution in [2.45, 2.75) is 32.2 Å². The number of carbonyl (C=O) groups excluding carboxylic acids is 1. The molecule has 2 heterocycles. The third-order valence-electron chi connectivity index (χ3n) is 5.19. The van der Waals surface area contributed by atoms with Crippen molar-refractivity contribution >= 4 is 5.91 Å². The molecule has 0 spiro atoms. The van der Waals surface area contributed by atoms with Gasteiger partial charge in [-0.05, 0) is 50.8 Å². The molecule has 1 aromatic rings. The maximum Gasteiger partial charge on any atom is 0.251 e. The van der Waals surface area contributed by atoms with Gasteiger partial charge in [0, 0.05) is 43.5 Å². The molecule has 2 saturated heterocycles. The molecule has 0 radical (unpaired) electrons. The predicted molar refractivity (Wildman–Crippen MR) is 90.4 cm³/mol. The monoisotopic (exact) mass is 334 g/mol. The van der Waals surface area contributed by atoms with Gasteiger partial charge in [0.1, 0.15) is 11.5 Å². The summed E-state index contributed by atoms with van der Waals surface area (Å²) >= 11 is 0. The summed E-state index contributed by atoms with van der Waals surface area (Å²) in [6, 6.07) is 3.41. The maximum absolute atomic E-state index is 12.2. The topological polar surface area (TPSA) is 82.0 Å². The van der Waals surface area contributed by atoms with Crippen molar-refractivity contribution in [1.82, 2.24) is 10.2 Å².